The summed E-state index contributed by atoms with van der Waals surface area (Å²) in [5, 5.41) is 65.3. The second-order valence-electron chi connectivity index (χ2n) is 35.2. The summed E-state index contributed by atoms with van der Waals surface area (Å²) in [5.74, 6) is 4.32. The number of nitrogens with zero attached hydrogens (tertiary/aromatic N) is 12. The van der Waals surface area contributed by atoms with Gasteiger partial charge in [0.25, 0.3) is 0 Å². The van der Waals surface area contributed by atoms with Gasteiger partial charge in [-0.1, -0.05) is 310 Å². The molecule has 2 aromatic heterocycles. The molecule has 25 rings (SSSR count). The van der Waals surface area contributed by atoms with Crippen LogP contribution in [0, 0.1) is 37.6 Å². The van der Waals surface area contributed by atoms with Gasteiger partial charge in [-0.2, -0.15) is 81.3 Å². The Morgan fingerprint density at radius 2 is 0.646 bits per heavy atom. The van der Waals surface area contributed by atoms with Crippen LogP contribution in [-0.4, -0.2) is 53.9 Å². The van der Waals surface area contributed by atoms with Gasteiger partial charge in [0, 0.05) is 33.9 Å². The van der Waals surface area contributed by atoms with Crippen LogP contribution < -0.4 is 19.6 Å². The first kappa shape index (κ1) is 82.2. The van der Waals surface area contributed by atoms with Crippen LogP contribution in [0.5, 0.6) is 0 Å². The summed E-state index contributed by atoms with van der Waals surface area (Å²) in [5.41, 5.74) is 16.4. The van der Waals surface area contributed by atoms with Gasteiger partial charge in [-0.05, 0) is 196 Å². The van der Waals surface area contributed by atoms with Crippen molar-refractivity contribution in [3.63, 3.8) is 0 Å². The van der Waals surface area contributed by atoms with Crippen molar-refractivity contribution in [3.8, 4) is 45.6 Å². The van der Waals surface area contributed by atoms with Gasteiger partial charge in [0.2, 0.25) is 11.6 Å². The van der Waals surface area contributed by atoms with Gasteiger partial charge in [-0.25, -0.2) is 0 Å². The molecule has 2 aliphatic heterocycles. The van der Waals surface area contributed by atoms with Gasteiger partial charge in [0.1, 0.15) is 11.6 Å². The molecule has 1 fully saturated rings. The minimum atomic E-state index is 0. The molecule has 0 spiro atoms. The number of benzene rings is 20. The largest absolute Gasteiger partial charge is 3.00 e. The number of anilines is 6. The third kappa shape index (κ3) is 14.6. The van der Waals surface area contributed by atoms with Crippen LogP contribution in [0.15, 0.2) is 279 Å². The van der Waals surface area contributed by atoms with Crippen LogP contribution >= 0.6 is 0 Å². The van der Waals surface area contributed by atoms with Crippen LogP contribution in [0.3, 0.4) is 0 Å². The molecule has 0 N–H and O–H groups in total. The monoisotopic (exact) mass is 2000 g/mol. The van der Waals surface area contributed by atoms with E-state index in [-0.39, 0.29) is 40.2 Å². The maximum atomic E-state index is 4.57. The molecule has 22 aromatic rings. The first-order valence-electron chi connectivity index (χ1n) is 43.9. The Bertz CT molecular complexity index is 7090. The van der Waals surface area contributed by atoms with E-state index in [1.165, 1.54) is 174 Å². The Balaban J connectivity index is 0.000000109. The maximum Gasteiger partial charge on any atom is 3.00 e. The van der Waals surface area contributed by atoms with Gasteiger partial charge >= 0.3 is 40.2 Å². The van der Waals surface area contributed by atoms with E-state index < -0.39 is 0 Å². The molecule has 14 heteroatoms. The van der Waals surface area contributed by atoms with Crippen molar-refractivity contribution < 1.29 is 40.2 Å². The molecule has 1 saturated carbocycles. The molecule has 3 aliphatic rings. The topological polar surface area (TPSA) is 116 Å². The van der Waals surface area contributed by atoms with Gasteiger partial charge in [-0.3, -0.25) is 0 Å². The summed E-state index contributed by atoms with van der Waals surface area (Å²) in [6, 6.07) is 114. The van der Waals surface area contributed by atoms with Crippen molar-refractivity contribution in [1.29, 1.82) is 0 Å². The summed E-state index contributed by atoms with van der Waals surface area (Å²) in [7, 11) is 2.13. The zero-order valence-electron chi connectivity index (χ0n) is 72.2. The molecule has 4 heterocycles. The van der Waals surface area contributed by atoms with E-state index in [9.17, 15) is 0 Å². The summed E-state index contributed by atoms with van der Waals surface area (Å²) >= 11 is 0. The summed E-state index contributed by atoms with van der Waals surface area (Å²) in [6.07, 6.45) is 6.84. The average Bonchev–Trinajstić information content (AvgIpc) is 1.71. The molecule has 0 unspecified atom stereocenters. The molecule has 620 valence electrons. The molecule has 0 bridgehead atoms. The molecule has 12 nitrogen and oxygen atoms in total. The zero-order chi connectivity index (χ0) is 84.4. The standard InChI is InChI=1S/2C34H17N4.C23H28N2.C22H28N2.2Ir/c2*1-3-19-7-9-23-13-17-27(25-15-11-21(5-1)29(19)31(23)25)33-35-37-34(38-36-33)28-18-14-24-10-8-20-4-2-6-22-12-16-26(28)32(24)30(20)22;1-17(2)18-9-12-21(13-10-18)25-16-24(3)22-14-11-20(15-23(22)25)19-7-5-4-6-8-19;1-15(2)18-7-10-20(11-8-18)24-14-23(17(5)6)21-12-9-19(16(3)4)13-22(21)24;;/h2*1-17H;9-12,14-17,19H,4-8H2,1-3H3;7-10,12-17H,1-6H3;;/q2*-1;2*-2;2*+3. The number of hydrogen-bond acceptors (Lipinski definition) is 12. The molecule has 0 amide bonds. The Hall–Kier alpha value is -13.1. The number of fused-ring (bicyclic) bond motifs is 2. The van der Waals surface area contributed by atoms with Gasteiger partial charge < -0.3 is 19.6 Å². The summed E-state index contributed by atoms with van der Waals surface area (Å²) < 4.78 is 0. The second-order valence-corrected chi connectivity index (χ2v) is 35.2. The van der Waals surface area contributed by atoms with E-state index >= 15 is 0 Å². The normalized spacial score (nSPS) is 13.6. The van der Waals surface area contributed by atoms with E-state index in [1.54, 1.807) is 0 Å². The fraction of sp³-hybridized carbons (Fsp3) is 0.168. The molecular formula is C113H90Ir2N12. The zero-order valence-corrected chi connectivity index (χ0v) is 77.0. The molecule has 20 aromatic carbocycles. The Morgan fingerprint density at radius 3 is 1.05 bits per heavy atom. The SMILES string of the molecule is CC(C)c1c[c-]c(N2[CH-]N(C(C)C)c3ccc(C(C)C)cc32)cc1.CC(C)c1c[c-]c(N2[CH-]N(C)c3ccc(C4CCCCC4)cc32)cc1.[Ir+3].[Ir+3].[c-]1cc2ccc3cccc4ccc(c1-c1nnc(-c5ccc6ccc7cccc8ccc5c6c78)nn1)c2c34.[c-]1cc2ccc3cccc4ccc(c1-c1nnc(-c5ccc6ccc7cccc8ccc5c6c78)nn1)c2c34. The smallest absolute Gasteiger partial charge is 0.504 e. The van der Waals surface area contributed by atoms with Crippen molar-refractivity contribution in [3.05, 3.63) is 339 Å². The van der Waals surface area contributed by atoms with Crippen LogP contribution in [0.4, 0.5) is 34.1 Å². The van der Waals surface area contributed by atoms with Crippen molar-refractivity contribution >= 4 is 163 Å². The van der Waals surface area contributed by atoms with Crippen LogP contribution in [0.1, 0.15) is 133 Å². The van der Waals surface area contributed by atoms with Crippen molar-refractivity contribution in [2.75, 3.05) is 26.6 Å². The Kier molecular flexibility index (Phi) is 21.8. The van der Waals surface area contributed by atoms with E-state index in [1.807, 2.05) is 12.1 Å². The molecule has 1 aliphatic carbocycles. The number of rotatable bonds is 11. The minimum absolute atomic E-state index is 0. The quantitative estimate of drug-likeness (QED) is 0.0907. The van der Waals surface area contributed by atoms with Gasteiger partial charge in [0.15, 0.2) is 0 Å². The number of hydrogen-bond donors (Lipinski definition) is 0. The first-order chi connectivity index (χ1) is 61.2. The number of aromatic nitrogens is 8. The van der Waals surface area contributed by atoms with Gasteiger partial charge in [-0.15, -0.1) is 68.2 Å². The van der Waals surface area contributed by atoms with Crippen molar-refractivity contribution in [1.82, 2.24) is 40.8 Å². The van der Waals surface area contributed by atoms with Crippen molar-refractivity contribution in [2.24, 2.45) is 0 Å². The van der Waals surface area contributed by atoms with E-state index in [0.717, 1.165) is 71.9 Å². The molecular weight excluding hydrogens is 1910 g/mol. The molecule has 0 atom stereocenters. The minimum Gasteiger partial charge on any atom is -0.504 e. The van der Waals surface area contributed by atoms with Crippen LogP contribution in [0.25, 0.3) is 175 Å². The Labute approximate surface area is 766 Å². The summed E-state index contributed by atoms with van der Waals surface area (Å²) in [4.78, 5) is 9.10. The Morgan fingerprint density at radius 1 is 0.299 bits per heavy atom. The fourth-order valence-electron chi connectivity index (χ4n) is 19.7. The third-order valence-electron chi connectivity index (χ3n) is 26.3. The maximum absolute atomic E-state index is 4.57. The van der Waals surface area contributed by atoms with E-state index in [2.05, 4.69) is 427 Å². The predicted molar refractivity (Wildman–Crippen MR) is 520 cm³/mol. The van der Waals surface area contributed by atoms with Crippen LogP contribution in [-0.2, 0) is 40.2 Å². The van der Waals surface area contributed by atoms with E-state index in [4.69, 9.17) is 0 Å². The van der Waals surface area contributed by atoms with Crippen molar-refractivity contribution in [2.45, 2.75) is 117 Å². The fourth-order valence-corrected chi connectivity index (χ4v) is 19.7. The van der Waals surface area contributed by atoms with E-state index in [0.29, 0.717) is 47.1 Å². The first-order valence-corrected chi connectivity index (χ1v) is 43.9. The second kappa shape index (κ2) is 33.7. The van der Waals surface area contributed by atoms with Gasteiger partial charge in [0.05, 0.1) is 0 Å². The summed E-state index contributed by atoms with van der Waals surface area (Å²) in [6.45, 7) is 22.2. The predicted octanol–water partition coefficient (Wildman–Crippen LogP) is 29.0. The molecule has 0 saturated heterocycles. The average molecular weight is 2000 g/mol. The van der Waals surface area contributed by atoms with Crippen LogP contribution in [0.2, 0.25) is 0 Å². The third-order valence-corrected chi connectivity index (χ3v) is 26.3. The molecule has 0 radical (unpaired) electrons. The molecule has 127 heavy (non-hydrogen) atoms.